The van der Waals surface area contributed by atoms with E-state index in [1.165, 1.54) is 0 Å². The van der Waals surface area contributed by atoms with Gasteiger partial charge in [0.15, 0.2) is 0 Å². The van der Waals surface area contributed by atoms with Gasteiger partial charge in [0.1, 0.15) is 6.04 Å². The molecule has 0 saturated heterocycles. The van der Waals surface area contributed by atoms with Gasteiger partial charge in [-0.25, -0.2) is 4.79 Å². The van der Waals surface area contributed by atoms with Gasteiger partial charge in [0.2, 0.25) is 5.60 Å². The van der Waals surface area contributed by atoms with Crippen molar-refractivity contribution in [3.8, 4) is 0 Å². The molecule has 0 unspecified atom stereocenters. The Labute approximate surface area is 123 Å². The van der Waals surface area contributed by atoms with Crippen molar-refractivity contribution < 1.29 is 49.1 Å². The summed E-state index contributed by atoms with van der Waals surface area (Å²) in [5.41, 5.74) is 2.36. The van der Waals surface area contributed by atoms with Crippen molar-refractivity contribution in [1.82, 2.24) is 0 Å². The molecule has 0 aromatic heterocycles. The van der Waals surface area contributed by atoms with Gasteiger partial charge in [-0.15, -0.1) is 0 Å². The molecular weight excluding hydrogens is 306 g/mol. The van der Waals surface area contributed by atoms with Crippen LogP contribution in [0.25, 0.3) is 0 Å². The van der Waals surface area contributed by atoms with Crippen LogP contribution in [0.2, 0.25) is 0 Å². The second-order valence-electron chi connectivity index (χ2n) is 4.40. The zero-order valence-electron chi connectivity index (χ0n) is 11.2. The Bertz CT molecular complexity index is 469. The quantitative estimate of drug-likeness (QED) is 0.293. The fraction of sp³-hybridized carbons (Fsp3) is 0.545. The topological polar surface area (TPSA) is 202 Å². The highest BCUT2D eigenvalue weighted by Gasteiger charge is 2.47. The molecule has 0 rings (SSSR count). The van der Waals surface area contributed by atoms with E-state index in [1.807, 2.05) is 0 Å². The number of carbonyl (C=O) groups is 5. The van der Waals surface area contributed by atoms with Crippen molar-refractivity contribution in [2.45, 2.75) is 37.3 Å². The third-order valence-corrected chi connectivity index (χ3v) is 2.55. The van der Waals surface area contributed by atoms with E-state index in [2.05, 4.69) is 4.74 Å². The van der Waals surface area contributed by atoms with Gasteiger partial charge in [-0.05, 0) is 6.42 Å². The van der Waals surface area contributed by atoms with Gasteiger partial charge in [0, 0.05) is 6.42 Å². The van der Waals surface area contributed by atoms with Crippen LogP contribution < -0.4 is 5.73 Å². The van der Waals surface area contributed by atoms with Gasteiger partial charge in [-0.2, -0.15) is 0 Å². The van der Waals surface area contributed by atoms with E-state index in [1.54, 1.807) is 0 Å². The fourth-order valence-electron chi connectivity index (χ4n) is 1.48. The number of carboxylic acids is 4. The maximum atomic E-state index is 11.5. The van der Waals surface area contributed by atoms with E-state index in [0.717, 1.165) is 0 Å². The summed E-state index contributed by atoms with van der Waals surface area (Å²) < 4.78 is 4.50. The van der Waals surface area contributed by atoms with Gasteiger partial charge < -0.3 is 30.9 Å². The lowest BCUT2D eigenvalue weighted by Crippen LogP contribution is -2.47. The number of carboxylic acid groups (broad SMARTS) is 4. The minimum atomic E-state index is -2.78. The Morgan fingerprint density at radius 1 is 0.955 bits per heavy atom. The predicted octanol–water partition coefficient (Wildman–Crippen LogP) is -1.51. The molecule has 0 saturated carbocycles. The molecule has 0 aromatic carbocycles. The van der Waals surface area contributed by atoms with Crippen molar-refractivity contribution in [3.63, 3.8) is 0 Å². The maximum absolute atomic E-state index is 11.5. The summed E-state index contributed by atoms with van der Waals surface area (Å²) in [5, 5.41) is 34.9. The molecule has 0 amide bonds. The standard InChI is InChI=1S/C11H15NO10/c12-5(9(18)19)1-2-8(17)22-11(10(20)21,3-6(13)14)4-7(15)16/h5H,1-4,12H2,(H,13,14)(H,15,16)(H,18,19)(H,20,21)/t5-/m0/s1. The van der Waals surface area contributed by atoms with E-state index < -0.39 is 60.8 Å². The van der Waals surface area contributed by atoms with Crippen molar-refractivity contribution >= 4 is 29.8 Å². The summed E-state index contributed by atoms with van der Waals surface area (Å²) in [6.07, 6.45) is -3.51. The van der Waals surface area contributed by atoms with E-state index in [9.17, 15) is 24.0 Å². The first-order valence-corrected chi connectivity index (χ1v) is 5.87. The SMILES string of the molecule is N[C@@H](CCC(=O)OC(CC(=O)O)(CC(=O)O)C(=O)O)C(=O)O. The van der Waals surface area contributed by atoms with Gasteiger partial charge in [-0.1, -0.05) is 0 Å². The molecule has 1 atom stereocenters. The Balaban J connectivity index is 5.06. The minimum absolute atomic E-state index is 0.385. The lowest BCUT2D eigenvalue weighted by molar-refractivity contribution is -0.186. The molecule has 0 radical (unpaired) electrons. The number of hydrogen-bond acceptors (Lipinski definition) is 7. The number of esters is 1. The van der Waals surface area contributed by atoms with Crippen molar-refractivity contribution in [1.29, 1.82) is 0 Å². The molecule has 0 aliphatic heterocycles. The predicted molar refractivity (Wildman–Crippen MR) is 65.8 cm³/mol. The van der Waals surface area contributed by atoms with Gasteiger partial charge in [-0.3, -0.25) is 19.2 Å². The summed E-state index contributed by atoms with van der Waals surface area (Å²) in [6.45, 7) is 0. The highest BCUT2D eigenvalue weighted by atomic mass is 16.6. The molecule has 0 bridgehead atoms. The van der Waals surface area contributed by atoms with Crippen LogP contribution >= 0.6 is 0 Å². The smallest absolute Gasteiger partial charge is 0.349 e. The molecule has 0 spiro atoms. The first-order valence-electron chi connectivity index (χ1n) is 5.87. The summed E-state index contributed by atoms with van der Waals surface area (Å²) in [6, 6.07) is -1.40. The number of aliphatic carboxylic acids is 4. The molecule has 0 aliphatic rings. The monoisotopic (exact) mass is 321 g/mol. The van der Waals surface area contributed by atoms with Crippen LogP contribution in [-0.4, -0.2) is 61.9 Å². The zero-order chi connectivity index (χ0) is 17.5. The molecule has 0 aliphatic carbocycles. The lowest BCUT2D eigenvalue weighted by atomic mass is 9.95. The van der Waals surface area contributed by atoms with Crippen molar-refractivity contribution in [2.75, 3.05) is 0 Å². The van der Waals surface area contributed by atoms with Crippen LogP contribution in [0.5, 0.6) is 0 Å². The van der Waals surface area contributed by atoms with Crippen molar-refractivity contribution in [3.05, 3.63) is 0 Å². The van der Waals surface area contributed by atoms with E-state index in [4.69, 9.17) is 26.2 Å². The Hall–Kier alpha value is -2.69. The average Bonchev–Trinajstić information content (AvgIpc) is 2.33. The molecule has 11 heteroatoms. The Morgan fingerprint density at radius 2 is 1.41 bits per heavy atom. The molecular formula is C11H15NO10. The van der Waals surface area contributed by atoms with Gasteiger partial charge in [0.25, 0.3) is 0 Å². The average molecular weight is 321 g/mol. The molecule has 6 N–H and O–H groups in total. The largest absolute Gasteiger partial charge is 0.481 e. The van der Waals surface area contributed by atoms with Crippen LogP contribution in [0, 0.1) is 0 Å². The third-order valence-electron chi connectivity index (χ3n) is 2.55. The van der Waals surface area contributed by atoms with Crippen LogP contribution in [0.15, 0.2) is 0 Å². The molecule has 0 fully saturated rings. The third kappa shape index (κ3) is 6.17. The second-order valence-corrected chi connectivity index (χ2v) is 4.40. The number of ether oxygens (including phenoxy) is 1. The molecule has 0 aromatic rings. The summed E-state index contributed by atoms with van der Waals surface area (Å²) >= 11 is 0. The first kappa shape index (κ1) is 19.3. The fourth-order valence-corrected chi connectivity index (χ4v) is 1.48. The second kappa shape index (κ2) is 7.93. The lowest BCUT2D eigenvalue weighted by Gasteiger charge is -2.26. The first-order chi connectivity index (χ1) is 10.00. The van der Waals surface area contributed by atoms with Gasteiger partial charge in [0.05, 0.1) is 12.8 Å². The molecule has 0 heterocycles. The summed E-state index contributed by atoms with van der Waals surface area (Å²) in [4.78, 5) is 54.5. The Kier molecular flexibility index (Phi) is 6.96. The number of carbonyl (C=O) groups excluding carboxylic acids is 1. The Morgan fingerprint density at radius 3 is 1.73 bits per heavy atom. The molecule has 11 nitrogen and oxygen atoms in total. The van der Waals surface area contributed by atoms with E-state index in [-0.39, 0.29) is 6.42 Å². The molecule has 22 heavy (non-hydrogen) atoms. The van der Waals surface area contributed by atoms with Crippen LogP contribution in [0.4, 0.5) is 0 Å². The normalized spacial score (nSPS) is 12.2. The van der Waals surface area contributed by atoms with Crippen LogP contribution in [-0.2, 0) is 28.7 Å². The number of nitrogens with two attached hydrogens (primary N) is 1. The highest BCUT2D eigenvalue weighted by molar-refractivity contribution is 5.90. The minimum Gasteiger partial charge on any atom is -0.481 e. The van der Waals surface area contributed by atoms with Crippen LogP contribution in [0.1, 0.15) is 25.7 Å². The number of hydrogen-bond donors (Lipinski definition) is 5. The highest BCUT2D eigenvalue weighted by Crippen LogP contribution is 2.23. The number of rotatable bonds is 10. The van der Waals surface area contributed by atoms with Crippen LogP contribution in [0.3, 0.4) is 0 Å². The van der Waals surface area contributed by atoms with Gasteiger partial charge >= 0.3 is 29.8 Å². The maximum Gasteiger partial charge on any atom is 0.349 e. The van der Waals surface area contributed by atoms with Crippen molar-refractivity contribution in [2.24, 2.45) is 5.73 Å². The van der Waals surface area contributed by atoms with E-state index >= 15 is 0 Å². The summed E-state index contributed by atoms with van der Waals surface area (Å²) in [5.74, 6) is -7.96. The van der Waals surface area contributed by atoms with E-state index in [0.29, 0.717) is 0 Å². The molecule has 124 valence electrons. The zero-order valence-corrected chi connectivity index (χ0v) is 11.2. The summed E-state index contributed by atoms with van der Waals surface area (Å²) in [7, 11) is 0.